The van der Waals surface area contributed by atoms with E-state index in [9.17, 15) is 19.7 Å². The number of nitrogens with zero attached hydrogens (tertiary/aromatic N) is 1. The van der Waals surface area contributed by atoms with E-state index in [0.717, 1.165) is 6.07 Å². The number of nitro benzene ring substituents is 1. The molecule has 0 spiro atoms. The number of methoxy groups -OCH3 is 1. The summed E-state index contributed by atoms with van der Waals surface area (Å²) in [6, 6.07) is 7.79. The molecule has 2 aromatic carbocycles. The van der Waals surface area contributed by atoms with E-state index >= 15 is 0 Å². The largest absolute Gasteiger partial charge is 0.465 e. The van der Waals surface area contributed by atoms with Crippen LogP contribution in [-0.4, -0.2) is 23.9 Å². The Labute approximate surface area is 146 Å². The third-order valence-electron chi connectivity index (χ3n) is 3.03. The zero-order valence-corrected chi connectivity index (χ0v) is 13.7. The topological polar surface area (TPSA) is 98.5 Å². The number of nitrogens with one attached hydrogen (secondary N) is 1. The Kier molecular flexibility index (Phi) is 5.38. The SMILES string of the molecule is COC(=O)c1cc(NC(=O)c2cc(Cl)ccc2[N+](=O)[O-])ccc1Cl. The van der Waals surface area contributed by atoms with Gasteiger partial charge in [-0.3, -0.25) is 14.9 Å². The highest BCUT2D eigenvalue weighted by Crippen LogP contribution is 2.25. The summed E-state index contributed by atoms with van der Waals surface area (Å²) in [6.45, 7) is 0. The molecule has 0 bridgehead atoms. The maximum Gasteiger partial charge on any atom is 0.339 e. The minimum absolute atomic E-state index is 0.0533. The van der Waals surface area contributed by atoms with Crippen LogP contribution in [0.5, 0.6) is 0 Å². The van der Waals surface area contributed by atoms with E-state index in [0.29, 0.717) is 0 Å². The number of ether oxygens (including phenoxy) is 1. The van der Waals surface area contributed by atoms with Crippen molar-refractivity contribution in [1.82, 2.24) is 0 Å². The summed E-state index contributed by atoms with van der Waals surface area (Å²) < 4.78 is 4.59. The molecule has 7 nitrogen and oxygen atoms in total. The molecule has 24 heavy (non-hydrogen) atoms. The van der Waals surface area contributed by atoms with Gasteiger partial charge in [-0.2, -0.15) is 0 Å². The predicted octanol–water partition coefficient (Wildman–Crippen LogP) is 3.94. The van der Waals surface area contributed by atoms with Crippen molar-refractivity contribution in [3.8, 4) is 0 Å². The first-order valence-electron chi connectivity index (χ1n) is 6.46. The van der Waals surface area contributed by atoms with Gasteiger partial charge in [-0.25, -0.2) is 4.79 Å². The lowest BCUT2D eigenvalue weighted by molar-refractivity contribution is -0.385. The summed E-state index contributed by atoms with van der Waals surface area (Å²) in [5.41, 5.74) is -0.322. The number of carbonyl (C=O) groups excluding carboxylic acids is 2. The lowest BCUT2D eigenvalue weighted by Gasteiger charge is -2.09. The Balaban J connectivity index is 2.36. The Hall–Kier alpha value is -2.64. The smallest absolute Gasteiger partial charge is 0.339 e. The molecule has 1 N–H and O–H groups in total. The molecule has 124 valence electrons. The van der Waals surface area contributed by atoms with Gasteiger partial charge in [-0.15, -0.1) is 0 Å². The molecule has 9 heteroatoms. The third kappa shape index (κ3) is 3.81. The highest BCUT2D eigenvalue weighted by Gasteiger charge is 2.21. The lowest BCUT2D eigenvalue weighted by atomic mass is 10.1. The molecule has 2 rings (SSSR count). The molecule has 0 saturated carbocycles. The molecule has 0 fully saturated rings. The van der Waals surface area contributed by atoms with E-state index in [1.165, 1.54) is 37.4 Å². The maximum atomic E-state index is 12.3. The lowest BCUT2D eigenvalue weighted by Crippen LogP contribution is -2.14. The molecule has 0 radical (unpaired) electrons. The molecular weight excluding hydrogens is 359 g/mol. The summed E-state index contributed by atoms with van der Waals surface area (Å²) in [6.07, 6.45) is 0. The van der Waals surface area contributed by atoms with Crippen molar-refractivity contribution in [2.45, 2.75) is 0 Å². The van der Waals surface area contributed by atoms with Crippen molar-refractivity contribution in [2.75, 3.05) is 12.4 Å². The second kappa shape index (κ2) is 7.29. The van der Waals surface area contributed by atoms with Gasteiger partial charge in [0.2, 0.25) is 0 Å². The molecule has 1 amide bonds. The molecule has 0 unspecified atom stereocenters. The van der Waals surface area contributed by atoms with Gasteiger partial charge < -0.3 is 10.1 Å². The third-order valence-corrected chi connectivity index (χ3v) is 3.59. The van der Waals surface area contributed by atoms with E-state index in [4.69, 9.17) is 23.2 Å². The zero-order valence-electron chi connectivity index (χ0n) is 12.2. The van der Waals surface area contributed by atoms with Gasteiger partial charge in [-0.1, -0.05) is 23.2 Å². The number of nitro groups is 1. The van der Waals surface area contributed by atoms with Crippen LogP contribution in [0.2, 0.25) is 10.0 Å². The van der Waals surface area contributed by atoms with Gasteiger partial charge in [0.05, 0.1) is 22.6 Å². The number of hydrogen-bond donors (Lipinski definition) is 1. The van der Waals surface area contributed by atoms with Crippen LogP contribution in [0.15, 0.2) is 36.4 Å². The van der Waals surface area contributed by atoms with E-state index in [-0.39, 0.29) is 32.5 Å². The minimum atomic E-state index is -0.748. The standard InChI is InChI=1S/C15H10Cl2N2O5/c1-24-15(21)10-7-9(3-4-12(10)17)18-14(20)11-6-8(16)2-5-13(11)19(22)23/h2-7H,1H3,(H,18,20). The number of carbonyl (C=O) groups is 2. The van der Waals surface area contributed by atoms with Gasteiger partial charge in [-0.05, 0) is 30.3 Å². The van der Waals surface area contributed by atoms with Crippen molar-refractivity contribution in [3.63, 3.8) is 0 Å². The number of rotatable bonds is 4. The second-order valence-corrected chi connectivity index (χ2v) is 5.40. The predicted molar refractivity (Wildman–Crippen MR) is 88.9 cm³/mol. The Morgan fingerprint density at radius 2 is 1.83 bits per heavy atom. The number of hydrogen-bond acceptors (Lipinski definition) is 5. The Morgan fingerprint density at radius 3 is 2.46 bits per heavy atom. The highest BCUT2D eigenvalue weighted by molar-refractivity contribution is 6.33. The van der Waals surface area contributed by atoms with Crippen molar-refractivity contribution < 1.29 is 19.2 Å². The minimum Gasteiger partial charge on any atom is -0.465 e. The van der Waals surface area contributed by atoms with Crippen molar-refractivity contribution in [3.05, 3.63) is 67.7 Å². The first kappa shape index (κ1) is 17.7. The van der Waals surface area contributed by atoms with Gasteiger partial charge >= 0.3 is 5.97 Å². The molecule has 0 aromatic heterocycles. The molecule has 0 heterocycles. The number of benzene rings is 2. The van der Waals surface area contributed by atoms with Crippen molar-refractivity contribution in [1.29, 1.82) is 0 Å². The van der Waals surface area contributed by atoms with E-state index in [1.807, 2.05) is 0 Å². The summed E-state index contributed by atoms with van der Waals surface area (Å²) in [5, 5.41) is 13.8. The molecule has 0 aliphatic carbocycles. The van der Waals surface area contributed by atoms with Crippen molar-refractivity contribution in [2.24, 2.45) is 0 Å². The number of esters is 1. The Bertz CT molecular complexity index is 839. The molecule has 0 aliphatic heterocycles. The van der Waals surface area contributed by atoms with E-state index < -0.39 is 16.8 Å². The molecule has 0 aliphatic rings. The average Bonchev–Trinajstić information content (AvgIpc) is 2.55. The van der Waals surface area contributed by atoms with Crippen LogP contribution in [0, 0.1) is 10.1 Å². The second-order valence-electron chi connectivity index (χ2n) is 4.56. The number of amides is 1. The fourth-order valence-electron chi connectivity index (χ4n) is 1.92. The van der Waals surface area contributed by atoms with Crippen LogP contribution in [0.25, 0.3) is 0 Å². The van der Waals surface area contributed by atoms with Gasteiger partial charge in [0.15, 0.2) is 0 Å². The first-order valence-corrected chi connectivity index (χ1v) is 7.22. The zero-order chi connectivity index (χ0) is 17.9. The summed E-state index contributed by atoms with van der Waals surface area (Å²) in [7, 11) is 1.19. The van der Waals surface area contributed by atoms with Crippen LogP contribution >= 0.6 is 23.2 Å². The summed E-state index contributed by atoms with van der Waals surface area (Å²) >= 11 is 11.7. The van der Waals surface area contributed by atoms with Gasteiger partial charge in [0, 0.05) is 16.8 Å². The number of anilines is 1. The normalized spacial score (nSPS) is 10.1. The van der Waals surface area contributed by atoms with Crippen molar-refractivity contribution >= 4 is 46.5 Å². The molecule has 0 saturated heterocycles. The first-order chi connectivity index (χ1) is 11.3. The average molecular weight is 369 g/mol. The van der Waals surface area contributed by atoms with Gasteiger partial charge in [0.25, 0.3) is 11.6 Å². The summed E-state index contributed by atoms with van der Waals surface area (Å²) in [5.74, 6) is -1.42. The fourth-order valence-corrected chi connectivity index (χ4v) is 2.28. The van der Waals surface area contributed by atoms with Crippen LogP contribution in [-0.2, 0) is 4.74 Å². The monoisotopic (exact) mass is 368 g/mol. The van der Waals surface area contributed by atoms with Crippen LogP contribution in [0.3, 0.4) is 0 Å². The number of halogens is 2. The quantitative estimate of drug-likeness (QED) is 0.500. The van der Waals surface area contributed by atoms with Crippen LogP contribution in [0.1, 0.15) is 20.7 Å². The fraction of sp³-hybridized carbons (Fsp3) is 0.0667. The summed E-state index contributed by atoms with van der Waals surface area (Å²) in [4.78, 5) is 34.2. The van der Waals surface area contributed by atoms with Crippen LogP contribution < -0.4 is 5.32 Å². The molecule has 0 atom stereocenters. The maximum absolute atomic E-state index is 12.3. The van der Waals surface area contributed by atoms with E-state index in [1.54, 1.807) is 0 Å². The highest BCUT2D eigenvalue weighted by atomic mass is 35.5. The molecule has 2 aromatic rings. The Morgan fingerprint density at radius 1 is 1.12 bits per heavy atom. The molecular formula is C15H10Cl2N2O5. The van der Waals surface area contributed by atoms with Crippen LogP contribution in [0.4, 0.5) is 11.4 Å². The van der Waals surface area contributed by atoms with Gasteiger partial charge in [0.1, 0.15) is 5.56 Å². The van der Waals surface area contributed by atoms with E-state index in [2.05, 4.69) is 10.1 Å².